The van der Waals surface area contributed by atoms with Crippen molar-refractivity contribution in [1.29, 1.82) is 0 Å². The largest absolute Gasteiger partial charge is 0.330 e. The molecule has 0 heterocycles. The van der Waals surface area contributed by atoms with E-state index in [4.69, 9.17) is 5.73 Å². The van der Waals surface area contributed by atoms with E-state index in [9.17, 15) is 0 Å². The molecular weight excluding hydrogens is 242 g/mol. The topological polar surface area (TPSA) is 26.0 Å². The summed E-state index contributed by atoms with van der Waals surface area (Å²) in [7, 11) is 0. The summed E-state index contributed by atoms with van der Waals surface area (Å²) < 4.78 is 0. The zero-order valence-corrected chi connectivity index (χ0v) is 14.5. The fourth-order valence-corrected chi connectivity index (χ4v) is 3.09. The first-order valence-electron chi connectivity index (χ1n) is 9.55. The molecule has 0 rings (SSSR count). The standard InChI is InChI=1S/C19H41N/c1-3-5-7-9-11-13-16-19(17-14-18-20)15-12-10-8-6-4-2/h19H,3-18,20H2,1-2H3/t19-/m0/s1. The third-order valence-electron chi connectivity index (χ3n) is 4.50. The lowest BCUT2D eigenvalue weighted by molar-refractivity contribution is 0.374. The van der Waals surface area contributed by atoms with Gasteiger partial charge in [0.25, 0.3) is 0 Å². The van der Waals surface area contributed by atoms with E-state index in [1.807, 2.05) is 0 Å². The van der Waals surface area contributed by atoms with Gasteiger partial charge in [-0.2, -0.15) is 0 Å². The minimum atomic E-state index is 0.878. The Kier molecular flexibility index (Phi) is 17.0. The first kappa shape index (κ1) is 20.0. The Balaban J connectivity index is 3.56. The van der Waals surface area contributed by atoms with Gasteiger partial charge in [0.15, 0.2) is 0 Å². The van der Waals surface area contributed by atoms with Crippen LogP contribution in [0.25, 0.3) is 0 Å². The minimum Gasteiger partial charge on any atom is -0.330 e. The summed E-state index contributed by atoms with van der Waals surface area (Å²) in [6.07, 6.45) is 21.2. The Labute approximate surface area is 129 Å². The van der Waals surface area contributed by atoms with Crippen molar-refractivity contribution >= 4 is 0 Å². The van der Waals surface area contributed by atoms with E-state index in [1.165, 1.54) is 96.3 Å². The number of rotatable bonds is 16. The molecule has 1 nitrogen and oxygen atoms in total. The average Bonchev–Trinajstić information content (AvgIpc) is 2.47. The molecule has 0 aliphatic carbocycles. The monoisotopic (exact) mass is 283 g/mol. The normalized spacial score (nSPS) is 12.8. The van der Waals surface area contributed by atoms with E-state index >= 15 is 0 Å². The van der Waals surface area contributed by atoms with E-state index in [2.05, 4.69) is 13.8 Å². The Hall–Kier alpha value is -0.0400. The third-order valence-corrected chi connectivity index (χ3v) is 4.50. The lowest BCUT2D eigenvalue weighted by atomic mass is 9.90. The summed E-state index contributed by atoms with van der Waals surface area (Å²) in [4.78, 5) is 0. The second kappa shape index (κ2) is 17.0. The maximum Gasteiger partial charge on any atom is -0.00772 e. The Morgan fingerprint density at radius 1 is 0.550 bits per heavy atom. The van der Waals surface area contributed by atoms with E-state index < -0.39 is 0 Å². The van der Waals surface area contributed by atoms with Crippen LogP contribution < -0.4 is 5.73 Å². The number of hydrogen-bond donors (Lipinski definition) is 1. The van der Waals surface area contributed by atoms with Gasteiger partial charge in [0, 0.05) is 0 Å². The molecule has 0 aromatic heterocycles. The van der Waals surface area contributed by atoms with Crippen LogP contribution in [-0.4, -0.2) is 6.54 Å². The number of nitrogens with two attached hydrogens (primary N) is 1. The van der Waals surface area contributed by atoms with Crippen LogP contribution >= 0.6 is 0 Å². The maximum atomic E-state index is 5.68. The van der Waals surface area contributed by atoms with Crippen LogP contribution in [0.3, 0.4) is 0 Å². The van der Waals surface area contributed by atoms with Crippen LogP contribution in [-0.2, 0) is 0 Å². The highest BCUT2D eigenvalue weighted by molar-refractivity contribution is 4.61. The molecule has 0 unspecified atom stereocenters. The molecule has 1 heteroatoms. The first-order valence-corrected chi connectivity index (χ1v) is 9.55. The van der Waals surface area contributed by atoms with Crippen LogP contribution in [0.15, 0.2) is 0 Å². The third kappa shape index (κ3) is 14.4. The van der Waals surface area contributed by atoms with Crippen molar-refractivity contribution in [2.75, 3.05) is 6.54 Å². The summed E-state index contributed by atoms with van der Waals surface area (Å²) in [6, 6.07) is 0. The Bertz CT molecular complexity index is 167. The van der Waals surface area contributed by atoms with Crippen LogP contribution in [0, 0.1) is 5.92 Å². The molecule has 1 atom stereocenters. The molecular formula is C19H41N. The lowest BCUT2D eigenvalue weighted by Gasteiger charge is -2.16. The molecule has 0 bridgehead atoms. The molecule has 0 aromatic rings. The summed E-state index contributed by atoms with van der Waals surface area (Å²) in [5.41, 5.74) is 5.68. The van der Waals surface area contributed by atoms with Crippen molar-refractivity contribution in [1.82, 2.24) is 0 Å². The number of unbranched alkanes of at least 4 members (excludes halogenated alkanes) is 9. The van der Waals surface area contributed by atoms with E-state index in [1.54, 1.807) is 0 Å². The van der Waals surface area contributed by atoms with Gasteiger partial charge in [-0.05, 0) is 25.3 Å². The fourth-order valence-electron chi connectivity index (χ4n) is 3.09. The average molecular weight is 284 g/mol. The van der Waals surface area contributed by atoms with Gasteiger partial charge in [-0.25, -0.2) is 0 Å². The van der Waals surface area contributed by atoms with E-state index in [0.717, 1.165) is 12.5 Å². The number of hydrogen-bond acceptors (Lipinski definition) is 1. The quantitative estimate of drug-likeness (QED) is 0.323. The van der Waals surface area contributed by atoms with Crippen molar-refractivity contribution in [3.05, 3.63) is 0 Å². The molecule has 2 N–H and O–H groups in total. The molecule has 0 fully saturated rings. The summed E-state index contributed by atoms with van der Waals surface area (Å²) in [5, 5.41) is 0. The van der Waals surface area contributed by atoms with Gasteiger partial charge in [0.2, 0.25) is 0 Å². The SMILES string of the molecule is CCCCCCCC[C@@H](CCCN)CCCCCCC. The summed E-state index contributed by atoms with van der Waals surface area (Å²) in [6.45, 7) is 5.47. The highest BCUT2D eigenvalue weighted by Gasteiger charge is 2.08. The van der Waals surface area contributed by atoms with Crippen molar-refractivity contribution in [3.63, 3.8) is 0 Å². The second-order valence-corrected chi connectivity index (χ2v) is 6.56. The molecule has 0 radical (unpaired) electrons. The van der Waals surface area contributed by atoms with Gasteiger partial charge < -0.3 is 5.73 Å². The molecule has 0 amide bonds. The van der Waals surface area contributed by atoms with Gasteiger partial charge >= 0.3 is 0 Å². The van der Waals surface area contributed by atoms with Crippen molar-refractivity contribution in [3.8, 4) is 0 Å². The molecule has 0 aliphatic heterocycles. The highest BCUT2D eigenvalue weighted by atomic mass is 14.5. The van der Waals surface area contributed by atoms with Crippen molar-refractivity contribution in [2.45, 2.75) is 110 Å². The van der Waals surface area contributed by atoms with Gasteiger partial charge in [-0.1, -0.05) is 97.3 Å². The molecule has 122 valence electrons. The smallest absolute Gasteiger partial charge is 0.00772 e. The van der Waals surface area contributed by atoms with E-state index in [0.29, 0.717) is 0 Å². The van der Waals surface area contributed by atoms with Gasteiger partial charge in [-0.15, -0.1) is 0 Å². The minimum absolute atomic E-state index is 0.878. The Morgan fingerprint density at radius 3 is 1.40 bits per heavy atom. The van der Waals surface area contributed by atoms with Gasteiger partial charge in [0.05, 0.1) is 0 Å². The highest BCUT2D eigenvalue weighted by Crippen LogP contribution is 2.23. The first-order chi connectivity index (χ1) is 9.85. The molecule has 20 heavy (non-hydrogen) atoms. The lowest BCUT2D eigenvalue weighted by Crippen LogP contribution is -2.06. The van der Waals surface area contributed by atoms with Crippen LogP contribution in [0.4, 0.5) is 0 Å². The van der Waals surface area contributed by atoms with Crippen molar-refractivity contribution in [2.24, 2.45) is 11.7 Å². The molecule has 0 spiro atoms. The zero-order chi connectivity index (χ0) is 14.9. The molecule has 0 aromatic carbocycles. The second-order valence-electron chi connectivity index (χ2n) is 6.56. The van der Waals surface area contributed by atoms with Crippen molar-refractivity contribution < 1.29 is 0 Å². The summed E-state index contributed by atoms with van der Waals surface area (Å²) >= 11 is 0. The Morgan fingerprint density at radius 2 is 0.950 bits per heavy atom. The van der Waals surface area contributed by atoms with Gasteiger partial charge in [-0.3, -0.25) is 0 Å². The van der Waals surface area contributed by atoms with E-state index in [-0.39, 0.29) is 0 Å². The van der Waals surface area contributed by atoms with Crippen LogP contribution in [0.2, 0.25) is 0 Å². The molecule has 0 saturated carbocycles. The zero-order valence-electron chi connectivity index (χ0n) is 14.5. The summed E-state index contributed by atoms with van der Waals surface area (Å²) in [5.74, 6) is 0.964. The van der Waals surface area contributed by atoms with Crippen LogP contribution in [0.1, 0.15) is 110 Å². The fraction of sp³-hybridized carbons (Fsp3) is 1.00. The maximum absolute atomic E-state index is 5.68. The molecule has 0 saturated heterocycles. The predicted molar refractivity (Wildman–Crippen MR) is 93.1 cm³/mol. The van der Waals surface area contributed by atoms with Crippen LogP contribution in [0.5, 0.6) is 0 Å². The molecule has 0 aliphatic rings. The predicted octanol–water partition coefficient (Wildman–Crippen LogP) is 6.45. The van der Waals surface area contributed by atoms with Gasteiger partial charge in [0.1, 0.15) is 0 Å².